The molecule has 1 N–H and O–H groups in total. The largest absolute Gasteiger partial charge is 0.457 e. The number of halogens is 5. The van der Waals surface area contributed by atoms with Gasteiger partial charge >= 0.3 is 6.18 Å². The van der Waals surface area contributed by atoms with Gasteiger partial charge in [0.2, 0.25) is 0 Å². The molecule has 0 fully saturated rings. The molecule has 2 heterocycles. The van der Waals surface area contributed by atoms with E-state index in [0.29, 0.717) is 35.1 Å². The first kappa shape index (κ1) is 20.8. The Balaban J connectivity index is 1.64. The highest BCUT2D eigenvalue weighted by molar-refractivity contribution is 6.30. The number of aromatic nitrogens is 3. The Labute approximate surface area is 168 Å². The third-order valence-corrected chi connectivity index (χ3v) is 4.37. The number of nitrogens with one attached hydrogen (secondary N) is 1. The molecular weight excluding hydrogens is 412 g/mol. The summed E-state index contributed by atoms with van der Waals surface area (Å²) in [5.41, 5.74) is 0.0145. The summed E-state index contributed by atoms with van der Waals surface area (Å²) in [6, 6.07) is 6.14. The maximum atomic E-state index is 14.3. The molecule has 1 aromatic carbocycles. The second kappa shape index (κ2) is 8.60. The average molecular weight is 427 g/mol. The summed E-state index contributed by atoms with van der Waals surface area (Å²) < 4.78 is 57.8. The lowest BCUT2D eigenvalue weighted by atomic mass is 10.1. The number of alkyl halides is 3. The van der Waals surface area contributed by atoms with E-state index in [2.05, 4.69) is 20.3 Å². The highest BCUT2D eigenvalue weighted by Gasteiger charge is 2.32. The molecule has 3 aromatic rings. The van der Waals surface area contributed by atoms with Gasteiger partial charge in [-0.3, -0.25) is 4.98 Å². The Bertz CT molecular complexity index is 1010. The lowest BCUT2D eigenvalue weighted by molar-refractivity contribution is -0.141. The van der Waals surface area contributed by atoms with Crippen molar-refractivity contribution in [2.45, 2.75) is 19.5 Å². The van der Waals surface area contributed by atoms with Crippen LogP contribution >= 0.6 is 11.6 Å². The third kappa shape index (κ3) is 5.32. The van der Waals surface area contributed by atoms with Crippen molar-refractivity contribution in [2.75, 3.05) is 11.9 Å². The van der Waals surface area contributed by atoms with Gasteiger partial charge < -0.3 is 10.1 Å². The number of hydrogen-bond donors (Lipinski definition) is 1. The topological polar surface area (TPSA) is 59.9 Å². The van der Waals surface area contributed by atoms with Gasteiger partial charge in [-0.2, -0.15) is 13.2 Å². The number of nitrogens with zero attached hydrogens (tertiary/aromatic N) is 3. The van der Waals surface area contributed by atoms with Crippen molar-refractivity contribution in [3.8, 4) is 11.5 Å². The molecule has 0 saturated carbocycles. The number of anilines is 1. The molecule has 0 saturated heterocycles. The van der Waals surface area contributed by atoms with Gasteiger partial charge in [0.05, 0.1) is 0 Å². The molecule has 0 radical (unpaired) electrons. The van der Waals surface area contributed by atoms with E-state index in [1.54, 1.807) is 6.92 Å². The fourth-order valence-electron chi connectivity index (χ4n) is 2.48. The van der Waals surface area contributed by atoms with Crippen molar-refractivity contribution < 1.29 is 22.3 Å². The standard InChI is InChI=1S/C19H15ClF4N4O/c1-11-17(20)27-10-28-18(11)26-6-4-12-2-3-13(8-15(12)21)29-14-5-7-25-16(9-14)19(22,23)24/h2-3,5,7-10H,4,6H2,1H3,(H,26,27,28). The third-order valence-electron chi connectivity index (χ3n) is 3.99. The number of ether oxygens (including phenoxy) is 1. The summed E-state index contributed by atoms with van der Waals surface area (Å²) in [7, 11) is 0. The van der Waals surface area contributed by atoms with Gasteiger partial charge in [0.1, 0.15) is 40.3 Å². The fourth-order valence-corrected chi connectivity index (χ4v) is 2.62. The Kier molecular flexibility index (Phi) is 6.17. The van der Waals surface area contributed by atoms with E-state index in [4.69, 9.17) is 16.3 Å². The summed E-state index contributed by atoms with van der Waals surface area (Å²) in [6.07, 6.45) is -1.93. The highest BCUT2D eigenvalue weighted by Crippen LogP contribution is 2.31. The van der Waals surface area contributed by atoms with Crippen LogP contribution in [0.4, 0.5) is 23.4 Å². The SMILES string of the molecule is Cc1c(Cl)ncnc1NCCc1ccc(Oc2ccnc(C(F)(F)F)c2)cc1F. The molecule has 0 unspecified atom stereocenters. The van der Waals surface area contributed by atoms with E-state index in [1.165, 1.54) is 24.5 Å². The lowest BCUT2D eigenvalue weighted by Gasteiger charge is -2.11. The molecule has 0 atom stereocenters. The quantitative estimate of drug-likeness (QED) is 0.420. The number of rotatable bonds is 6. The van der Waals surface area contributed by atoms with Gasteiger partial charge in [-0.25, -0.2) is 14.4 Å². The van der Waals surface area contributed by atoms with E-state index < -0.39 is 17.7 Å². The van der Waals surface area contributed by atoms with Crippen LogP contribution in [0.25, 0.3) is 0 Å². The summed E-state index contributed by atoms with van der Waals surface area (Å²) in [5, 5.41) is 3.39. The first-order chi connectivity index (χ1) is 13.7. The van der Waals surface area contributed by atoms with Crippen LogP contribution in [0.2, 0.25) is 5.15 Å². The van der Waals surface area contributed by atoms with Crippen molar-refractivity contribution in [1.82, 2.24) is 15.0 Å². The number of hydrogen-bond acceptors (Lipinski definition) is 5. The molecule has 2 aromatic heterocycles. The molecule has 29 heavy (non-hydrogen) atoms. The van der Waals surface area contributed by atoms with E-state index in [0.717, 1.165) is 18.3 Å². The summed E-state index contributed by atoms with van der Waals surface area (Å²) in [4.78, 5) is 11.2. The maximum absolute atomic E-state index is 14.3. The Hall–Kier alpha value is -2.94. The smallest absolute Gasteiger partial charge is 0.433 e. The maximum Gasteiger partial charge on any atom is 0.433 e. The fraction of sp³-hybridized carbons (Fsp3) is 0.211. The Morgan fingerprint density at radius 3 is 2.55 bits per heavy atom. The second-order valence-corrected chi connectivity index (χ2v) is 6.40. The van der Waals surface area contributed by atoms with Gasteiger partial charge in [-0.05, 0) is 31.0 Å². The normalized spacial score (nSPS) is 11.4. The van der Waals surface area contributed by atoms with Crippen molar-refractivity contribution in [2.24, 2.45) is 0 Å². The van der Waals surface area contributed by atoms with Crippen LogP contribution in [-0.4, -0.2) is 21.5 Å². The zero-order valence-electron chi connectivity index (χ0n) is 15.1. The van der Waals surface area contributed by atoms with Crippen LogP contribution in [0.1, 0.15) is 16.8 Å². The molecule has 3 rings (SSSR count). The Morgan fingerprint density at radius 2 is 1.83 bits per heavy atom. The summed E-state index contributed by atoms with van der Waals surface area (Å²) in [6.45, 7) is 2.16. The zero-order chi connectivity index (χ0) is 21.0. The first-order valence-electron chi connectivity index (χ1n) is 8.44. The van der Waals surface area contributed by atoms with E-state index in [9.17, 15) is 17.6 Å². The van der Waals surface area contributed by atoms with Crippen molar-refractivity contribution in [3.63, 3.8) is 0 Å². The molecule has 0 aliphatic rings. The predicted molar refractivity (Wildman–Crippen MR) is 99.7 cm³/mol. The van der Waals surface area contributed by atoms with Gasteiger partial charge in [0, 0.05) is 30.4 Å². The van der Waals surface area contributed by atoms with E-state index >= 15 is 0 Å². The highest BCUT2D eigenvalue weighted by atomic mass is 35.5. The molecular formula is C19H15ClF4N4O. The molecule has 5 nitrogen and oxygen atoms in total. The minimum atomic E-state index is -4.59. The van der Waals surface area contributed by atoms with Crippen LogP contribution < -0.4 is 10.1 Å². The number of benzene rings is 1. The molecule has 152 valence electrons. The second-order valence-electron chi connectivity index (χ2n) is 6.04. The molecule has 0 aliphatic carbocycles. The molecule has 0 amide bonds. The summed E-state index contributed by atoms with van der Waals surface area (Å²) >= 11 is 5.92. The van der Waals surface area contributed by atoms with Crippen LogP contribution in [0.5, 0.6) is 11.5 Å². The predicted octanol–water partition coefficient (Wildman–Crippen LogP) is 5.44. The van der Waals surface area contributed by atoms with E-state index in [1.807, 2.05) is 0 Å². The monoisotopic (exact) mass is 426 g/mol. The molecule has 0 bridgehead atoms. The van der Waals surface area contributed by atoms with Crippen molar-refractivity contribution in [3.05, 3.63) is 70.6 Å². The Morgan fingerprint density at radius 1 is 1.07 bits per heavy atom. The van der Waals surface area contributed by atoms with Gasteiger partial charge in [-0.1, -0.05) is 17.7 Å². The number of pyridine rings is 1. The van der Waals surface area contributed by atoms with Gasteiger partial charge in [0.25, 0.3) is 0 Å². The van der Waals surface area contributed by atoms with Crippen LogP contribution in [0, 0.1) is 12.7 Å². The van der Waals surface area contributed by atoms with Crippen molar-refractivity contribution in [1.29, 1.82) is 0 Å². The van der Waals surface area contributed by atoms with Crippen molar-refractivity contribution >= 4 is 17.4 Å². The zero-order valence-corrected chi connectivity index (χ0v) is 15.9. The van der Waals surface area contributed by atoms with Crippen LogP contribution in [0.3, 0.4) is 0 Å². The molecule has 10 heteroatoms. The van der Waals surface area contributed by atoms with Crippen LogP contribution in [0.15, 0.2) is 42.9 Å². The molecule has 0 aliphatic heterocycles. The van der Waals surface area contributed by atoms with E-state index in [-0.39, 0.29) is 11.5 Å². The molecule has 0 spiro atoms. The van der Waals surface area contributed by atoms with Gasteiger partial charge in [-0.15, -0.1) is 0 Å². The average Bonchev–Trinajstić information content (AvgIpc) is 2.66. The minimum absolute atomic E-state index is 0.0805. The lowest BCUT2D eigenvalue weighted by Crippen LogP contribution is -2.09. The first-order valence-corrected chi connectivity index (χ1v) is 8.82. The van der Waals surface area contributed by atoms with Gasteiger partial charge in [0.15, 0.2) is 0 Å². The van der Waals surface area contributed by atoms with Crippen LogP contribution in [-0.2, 0) is 12.6 Å². The minimum Gasteiger partial charge on any atom is -0.457 e. The summed E-state index contributed by atoms with van der Waals surface area (Å²) in [5.74, 6) is 0.0181.